The molecule has 0 aromatic heterocycles. The Bertz CT molecular complexity index is 789. The molecule has 0 radical (unpaired) electrons. The van der Waals surface area contributed by atoms with Crippen molar-refractivity contribution in [2.75, 3.05) is 20.1 Å². The largest absolute Gasteiger partial charge is 0.399 e. The highest BCUT2D eigenvalue weighted by atomic mass is 32.1. The normalized spacial score (nSPS) is 11.3. The quantitative estimate of drug-likeness (QED) is 0.309. The van der Waals surface area contributed by atoms with Crippen molar-refractivity contribution in [1.29, 1.82) is 0 Å². The molecule has 0 spiro atoms. The number of nitrogens with zero attached hydrogens (tertiary/aromatic N) is 1. The van der Waals surface area contributed by atoms with Crippen LogP contribution in [0.5, 0.6) is 0 Å². The lowest BCUT2D eigenvalue weighted by Gasteiger charge is -2.26. The van der Waals surface area contributed by atoms with E-state index in [9.17, 15) is 0 Å². The number of nitrogens with two attached hydrogens (primary N) is 1. The summed E-state index contributed by atoms with van der Waals surface area (Å²) in [4.78, 5) is 3.36. The van der Waals surface area contributed by atoms with Gasteiger partial charge in [-0.3, -0.25) is 0 Å². The molecule has 0 heterocycles. The van der Waals surface area contributed by atoms with Crippen LogP contribution in [0.2, 0.25) is 0 Å². The molecule has 0 unspecified atom stereocenters. The molecule has 0 aliphatic rings. The maximum atomic E-state index is 6.01. The third-order valence-corrected chi connectivity index (χ3v) is 6.21. The SMILES string of the molecule is CC/C(S)=C(\C)N(CC)C/C(N)=C(\C)NC.CCCC(C)C.Cc1ccccc1.Cc1ccccc1. The first-order valence-corrected chi connectivity index (χ1v) is 13.8. The molecular weight excluding hydrogens is 458 g/mol. The van der Waals surface area contributed by atoms with Crippen LogP contribution >= 0.6 is 12.6 Å². The smallest absolute Gasteiger partial charge is 0.0589 e. The minimum atomic E-state index is 0.749. The Morgan fingerprint density at radius 1 is 0.889 bits per heavy atom. The summed E-state index contributed by atoms with van der Waals surface area (Å²) in [5, 5.41) is 3.07. The molecule has 0 aliphatic carbocycles. The van der Waals surface area contributed by atoms with Crippen molar-refractivity contribution in [3.63, 3.8) is 0 Å². The van der Waals surface area contributed by atoms with E-state index < -0.39 is 0 Å². The van der Waals surface area contributed by atoms with Crippen LogP contribution in [0.25, 0.3) is 0 Å². The lowest BCUT2D eigenvalue weighted by atomic mass is 10.1. The summed E-state index contributed by atoms with van der Waals surface area (Å²) in [6, 6.07) is 20.5. The number of aryl methyl sites for hydroxylation is 2. The molecule has 204 valence electrons. The van der Waals surface area contributed by atoms with Gasteiger partial charge in [-0.25, -0.2) is 0 Å². The van der Waals surface area contributed by atoms with Gasteiger partial charge in [0.1, 0.15) is 0 Å². The second-order valence-electron chi connectivity index (χ2n) is 9.29. The Hall–Kier alpha value is -2.33. The van der Waals surface area contributed by atoms with E-state index in [0.717, 1.165) is 41.7 Å². The fraction of sp³-hybridized carbons (Fsp3) is 0.500. The van der Waals surface area contributed by atoms with Crippen molar-refractivity contribution in [3.8, 4) is 0 Å². The van der Waals surface area contributed by atoms with E-state index >= 15 is 0 Å². The molecule has 0 aliphatic heterocycles. The van der Waals surface area contributed by atoms with Gasteiger partial charge in [0, 0.05) is 35.6 Å². The first kappa shape index (κ1) is 35.8. The Kier molecular flexibility index (Phi) is 23.0. The van der Waals surface area contributed by atoms with Crippen LogP contribution in [-0.4, -0.2) is 25.0 Å². The molecule has 2 rings (SSSR count). The summed E-state index contributed by atoms with van der Waals surface area (Å²) in [5.74, 6) is 0.898. The summed E-state index contributed by atoms with van der Waals surface area (Å²) in [6.07, 6.45) is 3.66. The van der Waals surface area contributed by atoms with Crippen molar-refractivity contribution in [2.24, 2.45) is 11.7 Å². The number of thiol groups is 1. The summed E-state index contributed by atoms with van der Waals surface area (Å²) in [7, 11) is 1.89. The van der Waals surface area contributed by atoms with Crippen LogP contribution < -0.4 is 11.1 Å². The number of likely N-dealkylation sites (N-methyl/N-ethyl adjacent to an activating group) is 1. The highest BCUT2D eigenvalue weighted by molar-refractivity contribution is 7.84. The zero-order valence-electron chi connectivity index (χ0n) is 24.9. The lowest BCUT2D eigenvalue weighted by Crippen LogP contribution is -2.29. The Morgan fingerprint density at radius 3 is 1.56 bits per heavy atom. The van der Waals surface area contributed by atoms with E-state index in [4.69, 9.17) is 5.73 Å². The molecule has 0 saturated heterocycles. The van der Waals surface area contributed by atoms with Crippen molar-refractivity contribution >= 4 is 12.6 Å². The van der Waals surface area contributed by atoms with Crippen molar-refractivity contribution in [2.45, 2.75) is 81.6 Å². The first-order valence-electron chi connectivity index (χ1n) is 13.3. The topological polar surface area (TPSA) is 41.3 Å². The van der Waals surface area contributed by atoms with Gasteiger partial charge in [0.25, 0.3) is 0 Å². The van der Waals surface area contributed by atoms with Gasteiger partial charge in [0.15, 0.2) is 0 Å². The summed E-state index contributed by atoms with van der Waals surface area (Å²) >= 11 is 4.48. The van der Waals surface area contributed by atoms with E-state index in [1.807, 2.05) is 50.4 Å². The highest BCUT2D eigenvalue weighted by Crippen LogP contribution is 2.17. The minimum Gasteiger partial charge on any atom is -0.399 e. The van der Waals surface area contributed by atoms with Crippen LogP contribution in [0.15, 0.2) is 82.7 Å². The van der Waals surface area contributed by atoms with Crippen LogP contribution in [0, 0.1) is 19.8 Å². The zero-order chi connectivity index (χ0) is 27.9. The molecule has 0 bridgehead atoms. The third kappa shape index (κ3) is 19.9. The van der Waals surface area contributed by atoms with Crippen LogP contribution in [0.1, 0.15) is 78.9 Å². The molecule has 0 atom stereocenters. The predicted octanol–water partition coefficient (Wildman–Crippen LogP) is 8.72. The predicted molar refractivity (Wildman–Crippen MR) is 167 cm³/mol. The zero-order valence-corrected chi connectivity index (χ0v) is 25.8. The molecule has 3 nitrogen and oxygen atoms in total. The van der Waals surface area contributed by atoms with E-state index in [1.54, 1.807) is 0 Å². The molecule has 0 fully saturated rings. The van der Waals surface area contributed by atoms with Gasteiger partial charge in [-0.05, 0) is 47.0 Å². The number of benzene rings is 2. The maximum Gasteiger partial charge on any atom is 0.0589 e. The fourth-order valence-electron chi connectivity index (χ4n) is 3.04. The van der Waals surface area contributed by atoms with Crippen LogP contribution in [0.4, 0.5) is 0 Å². The summed E-state index contributed by atoms with van der Waals surface area (Å²) in [5.41, 5.74) is 11.8. The fourth-order valence-corrected chi connectivity index (χ4v) is 3.18. The number of nitrogens with one attached hydrogen (secondary N) is 1. The molecule has 3 N–H and O–H groups in total. The second-order valence-corrected chi connectivity index (χ2v) is 9.83. The van der Waals surface area contributed by atoms with E-state index in [-0.39, 0.29) is 0 Å². The number of allylic oxidation sites excluding steroid dienone is 3. The number of hydrogen-bond acceptors (Lipinski definition) is 4. The molecule has 0 amide bonds. The summed E-state index contributed by atoms with van der Waals surface area (Å²) < 4.78 is 0. The average molecular weight is 514 g/mol. The van der Waals surface area contributed by atoms with Gasteiger partial charge in [0.2, 0.25) is 0 Å². The van der Waals surface area contributed by atoms with Gasteiger partial charge in [-0.2, -0.15) is 0 Å². The molecule has 4 heteroatoms. The van der Waals surface area contributed by atoms with Crippen molar-refractivity contribution in [3.05, 3.63) is 93.8 Å². The van der Waals surface area contributed by atoms with E-state index in [2.05, 4.69) is 103 Å². The van der Waals surface area contributed by atoms with Gasteiger partial charge < -0.3 is 16.0 Å². The molecule has 2 aromatic carbocycles. The number of hydrogen-bond donors (Lipinski definition) is 3. The van der Waals surface area contributed by atoms with Crippen molar-refractivity contribution in [1.82, 2.24) is 10.2 Å². The van der Waals surface area contributed by atoms with Gasteiger partial charge in [0.05, 0.1) is 6.54 Å². The van der Waals surface area contributed by atoms with E-state index in [0.29, 0.717) is 0 Å². The lowest BCUT2D eigenvalue weighted by molar-refractivity contribution is 0.387. The van der Waals surface area contributed by atoms with Gasteiger partial charge in [-0.1, -0.05) is 112 Å². The molecule has 36 heavy (non-hydrogen) atoms. The Morgan fingerprint density at radius 2 is 1.33 bits per heavy atom. The molecule has 2 aromatic rings. The van der Waals surface area contributed by atoms with Crippen LogP contribution in [-0.2, 0) is 0 Å². The third-order valence-electron chi connectivity index (χ3n) is 5.57. The average Bonchev–Trinajstić information content (AvgIpc) is 2.87. The Balaban J connectivity index is 0. The van der Waals surface area contributed by atoms with E-state index in [1.165, 1.54) is 29.7 Å². The standard InChI is InChI=1S/C12H25N3S.2C7H8.C6H14/c1-6-12(16)10(4)15(7-2)8-11(13)9(3)14-5;2*1-7-5-3-2-4-6-7;1-4-5-6(2)3/h14,16H,6-8,13H2,1-5H3;2*2-6H,1H3;6H,4-5H2,1-3H3/b11-9-,12-10-;;;. The monoisotopic (exact) mass is 513 g/mol. The maximum absolute atomic E-state index is 6.01. The van der Waals surface area contributed by atoms with Gasteiger partial charge >= 0.3 is 0 Å². The molecular formula is C32H55N3S. The first-order chi connectivity index (χ1) is 17.0. The van der Waals surface area contributed by atoms with Gasteiger partial charge in [-0.15, -0.1) is 12.6 Å². The van der Waals surface area contributed by atoms with Crippen LogP contribution in [0.3, 0.4) is 0 Å². The highest BCUT2D eigenvalue weighted by Gasteiger charge is 2.08. The molecule has 0 saturated carbocycles. The minimum absolute atomic E-state index is 0.749. The second kappa shape index (κ2) is 23.1. The Labute approximate surface area is 229 Å². The summed E-state index contributed by atoms with van der Waals surface area (Å²) in [6.45, 7) is 20.9. The van der Waals surface area contributed by atoms with Crippen molar-refractivity contribution < 1.29 is 0 Å². The number of rotatable bonds is 8.